The van der Waals surface area contributed by atoms with Crippen molar-refractivity contribution < 1.29 is 8.42 Å². The average molecular weight is 352 g/mol. The van der Waals surface area contributed by atoms with E-state index in [1.165, 1.54) is 31.9 Å². The highest BCUT2D eigenvalue weighted by Crippen LogP contribution is 2.52. The van der Waals surface area contributed by atoms with Crippen molar-refractivity contribution in [1.82, 2.24) is 9.29 Å². The number of anilines is 1. The molecule has 6 heteroatoms. The minimum atomic E-state index is -3.51. The zero-order chi connectivity index (χ0) is 17.5. The number of nitrogens with zero attached hydrogens (tertiary/aromatic N) is 3. The molecule has 24 heavy (non-hydrogen) atoms. The van der Waals surface area contributed by atoms with Gasteiger partial charge in [-0.2, -0.15) is 4.31 Å². The Labute approximate surface area is 146 Å². The van der Waals surface area contributed by atoms with E-state index in [-0.39, 0.29) is 17.0 Å². The maximum atomic E-state index is 12.9. The molecule has 1 saturated carbocycles. The van der Waals surface area contributed by atoms with Gasteiger partial charge in [-0.05, 0) is 70.9 Å². The Balaban J connectivity index is 1.81. The Bertz CT molecular complexity index is 671. The van der Waals surface area contributed by atoms with Crippen LogP contribution in [0.15, 0.2) is 23.2 Å². The molecule has 5 nitrogen and oxygen atoms in total. The molecule has 1 aromatic heterocycles. The molecule has 3 rings (SSSR count). The Morgan fingerprint density at radius 2 is 1.79 bits per heavy atom. The van der Waals surface area contributed by atoms with Gasteiger partial charge in [0.05, 0.1) is 0 Å². The van der Waals surface area contributed by atoms with Gasteiger partial charge in [0.2, 0.25) is 10.0 Å². The third-order valence-electron chi connectivity index (χ3n) is 5.26. The molecule has 0 aromatic carbocycles. The summed E-state index contributed by atoms with van der Waals surface area (Å²) in [5.74, 6) is 0.903. The van der Waals surface area contributed by atoms with Crippen molar-refractivity contribution in [3.05, 3.63) is 18.3 Å². The Hall–Kier alpha value is -1.14. The molecular formula is C18H29N3O2S. The Morgan fingerprint density at radius 3 is 2.29 bits per heavy atom. The van der Waals surface area contributed by atoms with Gasteiger partial charge in [0, 0.05) is 31.4 Å². The first-order valence-corrected chi connectivity index (χ1v) is 10.4. The normalized spacial score (nSPS) is 20.4. The van der Waals surface area contributed by atoms with Crippen LogP contribution in [-0.2, 0) is 10.0 Å². The summed E-state index contributed by atoms with van der Waals surface area (Å²) in [6, 6.07) is 3.43. The summed E-state index contributed by atoms with van der Waals surface area (Å²) in [7, 11) is -3.51. The van der Waals surface area contributed by atoms with Gasteiger partial charge in [0.15, 0.2) is 0 Å². The van der Waals surface area contributed by atoms with Gasteiger partial charge in [-0.3, -0.25) is 0 Å². The number of hydrogen-bond acceptors (Lipinski definition) is 4. The van der Waals surface area contributed by atoms with E-state index in [9.17, 15) is 8.42 Å². The highest BCUT2D eigenvalue weighted by molar-refractivity contribution is 7.89. The van der Waals surface area contributed by atoms with Gasteiger partial charge in [-0.1, -0.05) is 0 Å². The predicted molar refractivity (Wildman–Crippen MR) is 96.6 cm³/mol. The van der Waals surface area contributed by atoms with Gasteiger partial charge in [0.1, 0.15) is 10.7 Å². The Morgan fingerprint density at radius 1 is 1.12 bits per heavy atom. The van der Waals surface area contributed by atoms with E-state index >= 15 is 0 Å². The second kappa shape index (κ2) is 6.30. The molecule has 0 amide bonds. The molecule has 1 spiro atoms. The number of piperidine rings is 1. The minimum absolute atomic E-state index is 0.0773. The number of pyridine rings is 1. The van der Waals surface area contributed by atoms with Crippen molar-refractivity contribution in [2.45, 2.75) is 70.4 Å². The van der Waals surface area contributed by atoms with Crippen molar-refractivity contribution in [3.8, 4) is 0 Å². The summed E-state index contributed by atoms with van der Waals surface area (Å²) >= 11 is 0. The number of aromatic nitrogens is 1. The molecule has 1 aliphatic heterocycles. The minimum Gasteiger partial charge on any atom is -0.356 e. The number of rotatable bonds is 5. The van der Waals surface area contributed by atoms with Crippen LogP contribution in [-0.4, -0.2) is 42.9 Å². The highest BCUT2D eigenvalue weighted by atomic mass is 32.2. The molecule has 0 atom stereocenters. The first-order chi connectivity index (χ1) is 11.3. The number of sulfonamides is 1. The fraction of sp³-hybridized carbons (Fsp3) is 0.722. The molecule has 0 bridgehead atoms. The lowest BCUT2D eigenvalue weighted by molar-refractivity contribution is 0.302. The highest BCUT2D eigenvalue weighted by Gasteiger charge is 2.45. The van der Waals surface area contributed by atoms with Crippen LogP contribution < -0.4 is 4.90 Å². The SMILES string of the molecule is CC(C)N(C(C)C)S(=O)(=O)c1ccc(N2CCCC3(CC3)C2)nc1. The first-order valence-electron chi connectivity index (χ1n) is 9.00. The maximum Gasteiger partial charge on any atom is 0.245 e. The lowest BCUT2D eigenvalue weighted by Crippen LogP contribution is -2.42. The van der Waals surface area contributed by atoms with E-state index in [4.69, 9.17) is 0 Å². The van der Waals surface area contributed by atoms with Crippen LogP contribution in [0.1, 0.15) is 53.4 Å². The largest absolute Gasteiger partial charge is 0.356 e. The summed E-state index contributed by atoms with van der Waals surface area (Å²) in [4.78, 5) is 7.08. The van der Waals surface area contributed by atoms with Crippen LogP contribution in [0.25, 0.3) is 0 Å². The van der Waals surface area contributed by atoms with Gasteiger partial charge in [0.25, 0.3) is 0 Å². The summed E-state index contributed by atoms with van der Waals surface area (Å²) in [5, 5.41) is 0. The van der Waals surface area contributed by atoms with E-state index < -0.39 is 10.0 Å². The van der Waals surface area contributed by atoms with Crippen molar-refractivity contribution >= 4 is 15.8 Å². The second-order valence-electron chi connectivity index (χ2n) is 7.90. The van der Waals surface area contributed by atoms with Gasteiger partial charge < -0.3 is 4.90 Å². The lowest BCUT2D eigenvalue weighted by Gasteiger charge is -2.34. The van der Waals surface area contributed by atoms with E-state index in [1.807, 2.05) is 33.8 Å². The second-order valence-corrected chi connectivity index (χ2v) is 9.74. The summed E-state index contributed by atoms with van der Waals surface area (Å²) in [5.41, 5.74) is 0.525. The molecule has 0 radical (unpaired) electrons. The summed E-state index contributed by atoms with van der Waals surface area (Å²) in [6.45, 7) is 9.70. The summed E-state index contributed by atoms with van der Waals surface area (Å²) < 4.78 is 27.3. The molecule has 0 unspecified atom stereocenters. The van der Waals surface area contributed by atoms with Gasteiger partial charge in [-0.15, -0.1) is 0 Å². The predicted octanol–water partition coefficient (Wildman–Crippen LogP) is 3.27. The fourth-order valence-electron chi connectivity index (χ4n) is 3.97. The van der Waals surface area contributed by atoms with Crippen LogP contribution in [0.4, 0.5) is 5.82 Å². The molecule has 1 aromatic rings. The van der Waals surface area contributed by atoms with Crippen molar-refractivity contribution in [3.63, 3.8) is 0 Å². The monoisotopic (exact) mass is 351 g/mol. The molecule has 2 aliphatic rings. The van der Waals surface area contributed by atoms with Crippen LogP contribution >= 0.6 is 0 Å². The molecule has 134 valence electrons. The molecule has 1 aliphatic carbocycles. The standard InChI is InChI=1S/C18H29N3O2S/c1-14(2)21(15(3)4)24(22,23)16-6-7-17(19-12-16)20-11-5-8-18(13-20)9-10-18/h6-7,12,14-15H,5,8-11,13H2,1-4H3. The third-order valence-corrected chi connectivity index (χ3v) is 7.49. The topological polar surface area (TPSA) is 53.5 Å². The fourth-order valence-corrected chi connectivity index (χ4v) is 5.75. The van der Waals surface area contributed by atoms with E-state index in [0.29, 0.717) is 5.41 Å². The zero-order valence-electron chi connectivity index (χ0n) is 15.2. The maximum absolute atomic E-state index is 12.9. The van der Waals surface area contributed by atoms with Gasteiger partial charge >= 0.3 is 0 Å². The first kappa shape index (κ1) is 17.7. The van der Waals surface area contributed by atoms with Crippen LogP contribution in [0, 0.1) is 5.41 Å². The van der Waals surface area contributed by atoms with Crippen molar-refractivity contribution in [2.75, 3.05) is 18.0 Å². The van der Waals surface area contributed by atoms with E-state index in [2.05, 4.69) is 9.88 Å². The molecule has 0 N–H and O–H groups in total. The van der Waals surface area contributed by atoms with Crippen molar-refractivity contribution in [1.29, 1.82) is 0 Å². The lowest BCUT2D eigenvalue weighted by atomic mass is 9.95. The van der Waals surface area contributed by atoms with Crippen LogP contribution in [0.5, 0.6) is 0 Å². The van der Waals surface area contributed by atoms with Crippen LogP contribution in [0.2, 0.25) is 0 Å². The third kappa shape index (κ3) is 3.31. The molecule has 1 saturated heterocycles. The Kier molecular flexibility index (Phi) is 4.64. The molecule has 2 heterocycles. The molecule has 2 fully saturated rings. The molecular weight excluding hydrogens is 322 g/mol. The quantitative estimate of drug-likeness (QED) is 0.817. The zero-order valence-corrected chi connectivity index (χ0v) is 16.0. The smallest absolute Gasteiger partial charge is 0.245 e. The number of hydrogen-bond donors (Lipinski definition) is 0. The van der Waals surface area contributed by atoms with E-state index in [1.54, 1.807) is 10.4 Å². The van der Waals surface area contributed by atoms with Crippen LogP contribution in [0.3, 0.4) is 0 Å². The summed E-state index contributed by atoms with van der Waals surface area (Å²) in [6.07, 6.45) is 6.71. The van der Waals surface area contributed by atoms with Gasteiger partial charge in [-0.25, -0.2) is 13.4 Å². The average Bonchev–Trinajstić information content (AvgIpc) is 3.25. The van der Waals surface area contributed by atoms with E-state index in [0.717, 1.165) is 18.9 Å². The van der Waals surface area contributed by atoms with Crippen molar-refractivity contribution in [2.24, 2.45) is 5.41 Å².